The number of methoxy groups -OCH3 is 1. The summed E-state index contributed by atoms with van der Waals surface area (Å²) in [5, 5.41) is 18.3. The maximum absolute atomic E-state index is 12.9. The van der Waals surface area contributed by atoms with Crippen molar-refractivity contribution < 1.29 is 34.1 Å². The summed E-state index contributed by atoms with van der Waals surface area (Å²) in [6.07, 6.45) is 6.85. The number of hydrogen-bond donors (Lipinski definition) is 2. The number of aliphatic carboxylic acids is 1. The van der Waals surface area contributed by atoms with Gasteiger partial charge in [-0.25, -0.2) is 9.78 Å². The van der Waals surface area contributed by atoms with Crippen molar-refractivity contribution in [2.75, 3.05) is 13.7 Å². The van der Waals surface area contributed by atoms with Crippen LogP contribution in [0.2, 0.25) is 0 Å². The van der Waals surface area contributed by atoms with Gasteiger partial charge in [0.2, 0.25) is 5.78 Å². The van der Waals surface area contributed by atoms with E-state index < -0.39 is 17.7 Å². The maximum atomic E-state index is 12.9. The van der Waals surface area contributed by atoms with E-state index in [1.165, 1.54) is 18.2 Å². The Labute approximate surface area is 215 Å². The minimum absolute atomic E-state index is 0.000415. The number of ether oxygens (including phenoxy) is 2. The molecule has 0 amide bonds. The lowest BCUT2D eigenvalue weighted by Gasteiger charge is -2.13. The lowest BCUT2D eigenvalue weighted by Crippen LogP contribution is -2.10. The molecule has 8 heteroatoms. The molecule has 2 aromatic carbocycles. The number of allylic oxidation sites excluding steroid dienone is 1. The number of rotatable bonds is 14. The highest BCUT2D eigenvalue weighted by molar-refractivity contribution is 6.08. The Morgan fingerprint density at radius 3 is 2.41 bits per heavy atom. The zero-order valence-electron chi connectivity index (χ0n) is 20.6. The molecule has 0 radical (unpaired) electrons. The molecular weight excluding hydrogens is 474 g/mol. The van der Waals surface area contributed by atoms with Gasteiger partial charge in [0, 0.05) is 12.0 Å². The zero-order valence-corrected chi connectivity index (χ0v) is 20.6. The van der Waals surface area contributed by atoms with E-state index in [9.17, 15) is 14.4 Å². The lowest BCUT2D eigenvalue weighted by atomic mass is 10.0. The summed E-state index contributed by atoms with van der Waals surface area (Å²) in [6, 6.07) is 16.8. The van der Waals surface area contributed by atoms with Crippen molar-refractivity contribution in [3.8, 4) is 11.5 Å². The summed E-state index contributed by atoms with van der Waals surface area (Å²) in [7, 11) is 1.64. The molecular formula is C29H29NO7. The van der Waals surface area contributed by atoms with Crippen LogP contribution in [0, 0.1) is 0 Å². The van der Waals surface area contributed by atoms with Gasteiger partial charge in [0.15, 0.2) is 0 Å². The Kier molecular flexibility index (Phi) is 9.96. The first kappa shape index (κ1) is 27.1. The number of unbranched alkanes of at least 4 members (excludes halogenated alkanes) is 2. The molecule has 0 aliphatic heterocycles. The molecule has 1 heterocycles. The largest absolute Gasteiger partial charge is 0.497 e. The summed E-state index contributed by atoms with van der Waals surface area (Å²) in [6.45, 7) is 0.450. The van der Waals surface area contributed by atoms with Crippen LogP contribution in [-0.4, -0.2) is 46.6 Å². The first-order chi connectivity index (χ1) is 17.9. The molecule has 0 saturated heterocycles. The number of ketones is 1. The number of carbonyl (C=O) groups excluding carboxylic acids is 1. The standard InChI is InChI=1S/C29H29NO7/c1-36-23-14-10-20(11-15-23)7-4-2-3-5-18-37-26-16-12-22(19-21(26)13-17-27(31)32)28(33)24-8-6-9-25(30-24)29(34)35/h4,6-12,14-16,19H,2-3,5,13,17-18H2,1H3,(H,31,32)(H,34,35). The van der Waals surface area contributed by atoms with Gasteiger partial charge in [-0.3, -0.25) is 9.59 Å². The highest BCUT2D eigenvalue weighted by Gasteiger charge is 2.16. The van der Waals surface area contributed by atoms with Crippen molar-refractivity contribution in [1.29, 1.82) is 0 Å². The molecule has 0 aliphatic rings. The maximum Gasteiger partial charge on any atom is 0.354 e. The summed E-state index contributed by atoms with van der Waals surface area (Å²) in [5.41, 5.74) is 1.75. The topological polar surface area (TPSA) is 123 Å². The van der Waals surface area contributed by atoms with Gasteiger partial charge in [0.1, 0.15) is 22.9 Å². The van der Waals surface area contributed by atoms with Crippen LogP contribution < -0.4 is 9.47 Å². The molecule has 1 aromatic heterocycles. The molecule has 37 heavy (non-hydrogen) atoms. The van der Waals surface area contributed by atoms with Gasteiger partial charge in [-0.2, -0.15) is 0 Å². The second kappa shape index (κ2) is 13.6. The third-order valence-corrected chi connectivity index (χ3v) is 5.58. The third-order valence-electron chi connectivity index (χ3n) is 5.58. The Morgan fingerprint density at radius 2 is 1.70 bits per heavy atom. The number of benzene rings is 2. The highest BCUT2D eigenvalue weighted by atomic mass is 16.5. The third kappa shape index (κ3) is 8.31. The second-order valence-electron chi connectivity index (χ2n) is 8.28. The van der Waals surface area contributed by atoms with Crippen LogP contribution in [0.1, 0.15) is 63.4 Å². The molecule has 0 fully saturated rings. The van der Waals surface area contributed by atoms with Crippen LogP contribution in [0.15, 0.2) is 66.7 Å². The molecule has 2 N–H and O–H groups in total. The molecule has 3 aromatic rings. The summed E-state index contributed by atoms with van der Waals surface area (Å²) >= 11 is 0. The molecule has 0 saturated carbocycles. The van der Waals surface area contributed by atoms with E-state index in [1.54, 1.807) is 25.3 Å². The highest BCUT2D eigenvalue weighted by Crippen LogP contribution is 2.24. The Hall–Kier alpha value is -4.46. The normalized spacial score (nSPS) is 10.8. The number of aromatic nitrogens is 1. The van der Waals surface area contributed by atoms with Crippen molar-refractivity contribution in [3.05, 3.63) is 94.8 Å². The number of carbonyl (C=O) groups is 3. The van der Waals surface area contributed by atoms with Crippen LogP contribution >= 0.6 is 0 Å². The van der Waals surface area contributed by atoms with E-state index in [2.05, 4.69) is 17.1 Å². The van der Waals surface area contributed by atoms with Gasteiger partial charge in [0.05, 0.1) is 13.7 Å². The van der Waals surface area contributed by atoms with Crippen molar-refractivity contribution in [3.63, 3.8) is 0 Å². The SMILES string of the molecule is COc1ccc(C=CCCCCOc2ccc(C(=O)c3cccc(C(=O)O)n3)cc2CCC(=O)O)cc1. The molecule has 0 unspecified atom stereocenters. The number of carboxylic acids is 2. The van der Waals surface area contributed by atoms with E-state index in [0.29, 0.717) is 17.9 Å². The average molecular weight is 504 g/mol. The first-order valence-electron chi connectivity index (χ1n) is 11.9. The molecule has 0 atom stereocenters. The fourth-order valence-corrected chi connectivity index (χ4v) is 3.61. The quantitative estimate of drug-likeness (QED) is 0.224. The van der Waals surface area contributed by atoms with Gasteiger partial charge in [0.25, 0.3) is 0 Å². The van der Waals surface area contributed by atoms with Crippen molar-refractivity contribution in [1.82, 2.24) is 4.98 Å². The summed E-state index contributed by atoms with van der Waals surface area (Å²) in [4.78, 5) is 39.1. The number of carboxylic acid groups (broad SMARTS) is 2. The predicted octanol–water partition coefficient (Wildman–Crippen LogP) is 5.30. The van der Waals surface area contributed by atoms with Gasteiger partial charge >= 0.3 is 11.9 Å². The number of hydrogen-bond acceptors (Lipinski definition) is 6. The Morgan fingerprint density at radius 1 is 0.946 bits per heavy atom. The predicted molar refractivity (Wildman–Crippen MR) is 138 cm³/mol. The second-order valence-corrected chi connectivity index (χ2v) is 8.28. The Bertz CT molecular complexity index is 1270. The molecule has 0 spiro atoms. The van der Waals surface area contributed by atoms with E-state index in [1.807, 2.05) is 24.3 Å². The van der Waals surface area contributed by atoms with E-state index in [4.69, 9.17) is 19.7 Å². The van der Waals surface area contributed by atoms with Gasteiger partial charge < -0.3 is 19.7 Å². The van der Waals surface area contributed by atoms with E-state index >= 15 is 0 Å². The lowest BCUT2D eigenvalue weighted by molar-refractivity contribution is -0.136. The molecule has 0 aliphatic carbocycles. The molecule has 8 nitrogen and oxygen atoms in total. The smallest absolute Gasteiger partial charge is 0.354 e. The van der Waals surface area contributed by atoms with Crippen molar-refractivity contribution >= 4 is 23.8 Å². The molecule has 192 valence electrons. The Balaban J connectivity index is 1.59. The first-order valence-corrected chi connectivity index (χ1v) is 11.9. The van der Waals surface area contributed by atoms with Gasteiger partial charge in [-0.15, -0.1) is 0 Å². The minimum Gasteiger partial charge on any atom is -0.497 e. The van der Waals surface area contributed by atoms with Crippen molar-refractivity contribution in [2.24, 2.45) is 0 Å². The van der Waals surface area contributed by atoms with Gasteiger partial charge in [-0.1, -0.05) is 30.4 Å². The van der Waals surface area contributed by atoms with Crippen LogP contribution in [0.4, 0.5) is 0 Å². The number of nitrogens with zero attached hydrogens (tertiary/aromatic N) is 1. The van der Waals surface area contributed by atoms with Gasteiger partial charge in [-0.05, 0) is 79.3 Å². The molecule has 3 rings (SSSR count). The summed E-state index contributed by atoms with van der Waals surface area (Å²) < 4.78 is 11.1. The van der Waals surface area contributed by atoms with E-state index in [0.717, 1.165) is 30.6 Å². The molecule has 0 bridgehead atoms. The van der Waals surface area contributed by atoms with Crippen LogP contribution in [-0.2, 0) is 11.2 Å². The van der Waals surface area contributed by atoms with Crippen LogP contribution in [0.25, 0.3) is 6.08 Å². The summed E-state index contributed by atoms with van der Waals surface area (Å²) in [5.74, 6) is -1.29. The zero-order chi connectivity index (χ0) is 26.6. The fraction of sp³-hybridized carbons (Fsp3) is 0.241. The monoisotopic (exact) mass is 503 g/mol. The van der Waals surface area contributed by atoms with Crippen LogP contribution in [0.3, 0.4) is 0 Å². The number of aryl methyl sites for hydroxylation is 1. The van der Waals surface area contributed by atoms with Crippen LogP contribution in [0.5, 0.6) is 11.5 Å². The van der Waals surface area contributed by atoms with Crippen molar-refractivity contribution in [2.45, 2.75) is 32.1 Å². The van der Waals surface area contributed by atoms with E-state index in [-0.39, 0.29) is 29.8 Å². The minimum atomic E-state index is -1.23. The average Bonchev–Trinajstić information content (AvgIpc) is 2.91. The fourth-order valence-electron chi connectivity index (χ4n) is 3.61. The number of pyridine rings is 1. The number of aromatic carboxylic acids is 1.